The van der Waals surface area contributed by atoms with Crippen molar-refractivity contribution in [2.45, 2.75) is 58.2 Å². The van der Waals surface area contributed by atoms with Crippen molar-refractivity contribution in [1.82, 2.24) is 13.7 Å². The maximum absolute atomic E-state index is 12.5. The van der Waals surface area contributed by atoms with Crippen molar-refractivity contribution in [3.05, 3.63) is 35.4 Å². The molecule has 1 aliphatic heterocycles. The number of ether oxygens (including phenoxy) is 1. The Morgan fingerprint density at radius 2 is 1.56 bits per heavy atom. The van der Waals surface area contributed by atoms with Crippen molar-refractivity contribution in [2.75, 3.05) is 13.1 Å². The van der Waals surface area contributed by atoms with Crippen LogP contribution in [0.25, 0.3) is 0 Å². The van der Waals surface area contributed by atoms with Gasteiger partial charge in [-0.05, 0) is 38.8 Å². The Labute approximate surface area is 162 Å². The predicted octanol–water partition coefficient (Wildman–Crippen LogP) is 0.958. The summed E-state index contributed by atoms with van der Waals surface area (Å²) in [5, 5.41) is 0. The Balaban J connectivity index is 1.94. The van der Waals surface area contributed by atoms with Gasteiger partial charge >= 0.3 is 0 Å². The van der Waals surface area contributed by atoms with E-state index in [0.29, 0.717) is 18.7 Å². The van der Waals surface area contributed by atoms with E-state index in [0.717, 1.165) is 5.56 Å². The first kappa shape index (κ1) is 22.3. The minimum Gasteiger partial charge on any atom is -0.373 e. The Bertz CT molecular complexity index is 813. The summed E-state index contributed by atoms with van der Waals surface area (Å²) in [6.45, 7) is 8.00. The molecule has 0 unspecified atom stereocenters. The second-order valence-corrected chi connectivity index (χ2v) is 10.8. The van der Waals surface area contributed by atoms with Crippen LogP contribution in [0.3, 0.4) is 0 Å². The van der Waals surface area contributed by atoms with E-state index in [1.54, 1.807) is 38.1 Å². The molecule has 10 heteroatoms. The lowest BCUT2D eigenvalue weighted by Gasteiger charge is -2.34. The van der Waals surface area contributed by atoms with Gasteiger partial charge < -0.3 is 4.74 Å². The number of nitrogens with one attached hydrogen (secondary N) is 2. The molecule has 0 radical (unpaired) electrons. The molecule has 0 aromatic heterocycles. The Morgan fingerprint density at radius 1 is 1.04 bits per heavy atom. The highest BCUT2D eigenvalue weighted by molar-refractivity contribution is 7.88. The molecule has 2 atom stereocenters. The summed E-state index contributed by atoms with van der Waals surface area (Å²) in [4.78, 5) is 0. The Morgan fingerprint density at radius 3 is 2.07 bits per heavy atom. The van der Waals surface area contributed by atoms with Crippen LogP contribution in [0.5, 0.6) is 0 Å². The average molecular weight is 420 g/mol. The lowest BCUT2D eigenvalue weighted by molar-refractivity contribution is -0.0444. The highest BCUT2D eigenvalue weighted by atomic mass is 32.2. The van der Waals surface area contributed by atoms with Crippen LogP contribution >= 0.6 is 0 Å². The zero-order valence-electron chi connectivity index (χ0n) is 16.2. The number of sulfonamides is 1. The second-order valence-electron chi connectivity index (χ2n) is 7.25. The van der Waals surface area contributed by atoms with Gasteiger partial charge in [-0.3, -0.25) is 0 Å². The second kappa shape index (κ2) is 8.97. The number of hydrogen-bond donors (Lipinski definition) is 2. The minimum absolute atomic E-state index is 0.110. The largest absolute Gasteiger partial charge is 0.373 e. The zero-order valence-corrected chi connectivity index (χ0v) is 17.8. The van der Waals surface area contributed by atoms with Gasteiger partial charge in [0.2, 0.25) is 10.0 Å². The third kappa shape index (κ3) is 7.13. The van der Waals surface area contributed by atoms with E-state index in [1.165, 1.54) is 4.31 Å². The lowest BCUT2D eigenvalue weighted by Crippen LogP contribution is -2.51. The Kier molecular flexibility index (Phi) is 7.40. The van der Waals surface area contributed by atoms with Crippen LogP contribution in [0.1, 0.15) is 38.8 Å². The van der Waals surface area contributed by atoms with E-state index in [9.17, 15) is 16.8 Å². The van der Waals surface area contributed by atoms with Gasteiger partial charge in [-0.2, -0.15) is 17.4 Å². The molecule has 0 bridgehead atoms. The van der Waals surface area contributed by atoms with Gasteiger partial charge in [0.1, 0.15) is 0 Å². The number of nitrogens with zero attached hydrogens (tertiary/aromatic N) is 1. The molecule has 8 nitrogen and oxygen atoms in total. The molecule has 1 saturated heterocycles. The fourth-order valence-electron chi connectivity index (χ4n) is 2.97. The average Bonchev–Trinajstić information content (AvgIpc) is 2.51. The van der Waals surface area contributed by atoms with Crippen molar-refractivity contribution in [2.24, 2.45) is 0 Å². The minimum atomic E-state index is -3.60. The number of rotatable bonds is 8. The topological polar surface area (TPSA) is 105 Å². The van der Waals surface area contributed by atoms with Crippen LogP contribution in [0.15, 0.2) is 24.3 Å². The van der Waals surface area contributed by atoms with Gasteiger partial charge in [-0.15, -0.1) is 0 Å². The molecule has 154 valence electrons. The molecule has 0 aliphatic carbocycles. The number of morpholine rings is 1. The van der Waals surface area contributed by atoms with Gasteiger partial charge in [-0.1, -0.05) is 24.3 Å². The molecule has 2 N–H and O–H groups in total. The smallest absolute Gasteiger partial charge is 0.279 e. The fraction of sp³-hybridized carbons (Fsp3) is 0.647. The molecule has 27 heavy (non-hydrogen) atoms. The zero-order chi connectivity index (χ0) is 20.2. The highest BCUT2D eigenvalue weighted by Gasteiger charge is 2.30. The highest BCUT2D eigenvalue weighted by Crippen LogP contribution is 2.14. The van der Waals surface area contributed by atoms with E-state index >= 15 is 0 Å². The molecule has 1 aliphatic rings. The molecule has 1 fully saturated rings. The molecule has 0 spiro atoms. The molecule has 0 saturated carbocycles. The third-order valence-electron chi connectivity index (χ3n) is 3.98. The predicted molar refractivity (Wildman–Crippen MR) is 105 cm³/mol. The van der Waals surface area contributed by atoms with Crippen LogP contribution in [0, 0.1) is 0 Å². The quantitative estimate of drug-likeness (QED) is 0.653. The summed E-state index contributed by atoms with van der Waals surface area (Å²) in [5.74, 6) is -0.110. The molecule has 1 aromatic rings. The number of hydrogen-bond acceptors (Lipinski definition) is 5. The van der Waals surface area contributed by atoms with Crippen LogP contribution in [-0.2, 0) is 37.3 Å². The SMILES string of the molecule is CC(C)NS(=O)(=O)Cc1ccc(CNS(=O)(=O)N2C[C@H](C)O[C@@H](C)C2)cc1. The molecule has 1 aromatic carbocycles. The monoisotopic (exact) mass is 419 g/mol. The summed E-state index contributed by atoms with van der Waals surface area (Å²) in [7, 11) is -6.99. The summed E-state index contributed by atoms with van der Waals surface area (Å²) in [6.07, 6.45) is -0.294. The summed E-state index contributed by atoms with van der Waals surface area (Å²) < 4.78 is 61.0. The van der Waals surface area contributed by atoms with Gasteiger partial charge in [0, 0.05) is 25.7 Å². The normalized spacial score (nSPS) is 22.3. The summed E-state index contributed by atoms with van der Waals surface area (Å²) in [6, 6.07) is 6.69. The van der Waals surface area contributed by atoms with Crippen LogP contribution in [0.4, 0.5) is 0 Å². The van der Waals surface area contributed by atoms with E-state index in [2.05, 4.69) is 9.44 Å². The van der Waals surface area contributed by atoms with Gasteiger partial charge in [0.25, 0.3) is 10.2 Å². The Hall–Kier alpha value is -1.04. The van der Waals surface area contributed by atoms with Crippen molar-refractivity contribution >= 4 is 20.2 Å². The fourth-order valence-corrected chi connectivity index (χ4v) is 5.74. The number of benzene rings is 1. The van der Waals surface area contributed by atoms with Crippen LogP contribution in [-0.4, -0.2) is 52.5 Å². The lowest BCUT2D eigenvalue weighted by atomic mass is 10.1. The van der Waals surface area contributed by atoms with Crippen molar-refractivity contribution in [3.63, 3.8) is 0 Å². The molecule has 0 amide bonds. The van der Waals surface area contributed by atoms with E-state index in [1.807, 2.05) is 13.8 Å². The first-order valence-corrected chi connectivity index (χ1v) is 12.0. The van der Waals surface area contributed by atoms with Gasteiger partial charge in [0.05, 0.1) is 18.0 Å². The summed E-state index contributed by atoms with van der Waals surface area (Å²) >= 11 is 0. The maximum Gasteiger partial charge on any atom is 0.279 e. The van der Waals surface area contributed by atoms with Crippen LogP contribution < -0.4 is 9.44 Å². The van der Waals surface area contributed by atoms with Crippen LogP contribution in [0.2, 0.25) is 0 Å². The first-order chi connectivity index (χ1) is 12.5. The van der Waals surface area contributed by atoms with Crippen molar-refractivity contribution in [1.29, 1.82) is 0 Å². The maximum atomic E-state index is 12.5. The van der Waals surface area contributed by atoms with E-state index in [4.69, 9.17) is 4.74 Å². The van der Waals surface area contributed by atoms with E-state index in [-0.39, 0.29) is 30.5 Å². The third-order valence-corrected chi connectivity index (χ3v) is 7.01. The van der Waals surface area contributed by atoms with Gasteiger partial charge in [0.15, 0.2) is 0 Å². The molecule has 1 heterocycles. The van der Waals surface area contributed by atoms with Crippen molar-refractivity contribution in [3.8, 4) is 0 Å². The standard InChI is InChI=1S/C17H29N3O5S2/c1-13(2)19-26(21,22)12-17-7-5-16(6-8-17)9-18-27(23,24)20-10-14(3)25-15(4)11-20/h5-8,13-15,18-19H,9-12H2,1-4H3/t14-,15-/m0/s1. The molecular formula is C17H29N3O5S2. The van der Waals surface area contributed by atoms with Crippen molar-refractivity contribution < 1.29 is 21.6 Å². The molecule has 2 rings (SSSR count). The van der Waals surface area contributed by atoms with Gasteiger partial charge in [-0.25, -0.2) is 13.1 Å². The first-order valence-electron chi connectivity index (χ1n) is 8.95. The van der Waals surface area contributed by atoms with E-state index < -0.39 is 20.2 Å². The summed E-state index contributed by atoms with van der Waals surface area (Å²) in [5.41, 5.74) is 1.40. The molecular weight excluding hydrogens is 390 g/mol.